The quantitative estimate of drug-likeness (QED) is 0.805. The number of hydrogen-bond acceptors (Lipinski definition) is 4. The van der Waals surface area contributed by atoms with E-state index in [9.17, 15) is 4.79 Å². The Kier molecular flexibility index (Phi) is 2.96. The summed E-state index contributed by atoms with van der Waals surface area (Å²) in [6, 6.07) is 3.62. The van der Waals surface area contributed by atoms with Crippen molar-refractivity contribution in [3.63, 3.8) is 0 Å². The molecule has 6 nitrogen and oxygen atoms in total. The molecular weight excluding hydrogens is 208 g/mol. The van der Waals surface area contributed by atoms with Gasteiger partial charge >= 0.3 is 5.97 Å². The molecule has 1 aromatic rings. The first-order chi connectivity index (χ1) is 7.42. The Labute approximate surface area is 92.4 Å². The molecule has 0 amide bonds. The molecule has 1 rings (SSSR count). The van der Waals surface area contributed by atoms with Crippen LogP contribution in [0.1, 0.15) is 25.2 Å². The zero-order chi connectivity index (χ0) is 12.3. The Morgan fingerprint density at radius 1 is 1.56 bits per heavy atom. The average Bonchev–Trinajstić information content (AvgIpc) is 2.59. The number of nitriles is 2. The molecule has 1 heterocycles. The molecule has 0 radical (unpaired) electrons. The van der Waals surface area contributed by atoms with Crippen molar-refractivity contribution >= 4 is 5.97 Å². The summed E-state index contributed by atoms with van der Waals surface area (Å²) in [5.74, 6) is -0.969. The number of aromatic nitrogens is 2. The van der Waals surface area contributed by atoms with E-state index in [1.165, 1.54) is 10.9 Å². The fourth-order valence-corrected chi connectivity index (χ4v) is 1.19. The largest absolute Gasteiger partial charge is 0.481 e. The Bertz CT molecular complexity index is 502. The van der Waals surface area contributed by atoms with Crippen LogP contribution in [0, 0.1) is 28.1 Å². The molecular formula is C10H10N4O2. The molecule has 1 aromatic heterocycles. The summed E-state index contributed by atoms with van der Waals surface area (Å²) in [6.45, 7) is 3.19. The van der Waals surface area contributed by atoms with E-state index in [4.69, 9.17) is 15.6 Å². The summed E-state index contributed by atoms with van der Waals surface area (Å²) in [7, 11) is 0. The van der Waals surface area contributed by atoms with E-state index in [1.807, 2.05) is 6.07 Å². The van der Waals surface area contributed by atoms with Gasteiger partial charge in [-0.2, -0.15) is 10.5 Å². The highest BCUT2D eigenvalue weighted by Gasteiger charge is 2.29. The van der Waals surface area contributed by atoms with Crippen LogP contribution >= 0.6 is 0 Å². The number of aliphatic carboxylic acids is 1. The van der Waals surface area contributed by atoms with Crippen molar-refractivity contribution in [1.29, 1.82) is 10.5 Å². The Hall–Kier alpha value is -2.34. The number of rotatable bonds is 3. The molecule has 1 N–H and O–H groups in total. The van der Waals surface area contributed by atoms with Gasteiger partial charge in [-0.25, -0.2) is 4.98 Å². The molecule has 0 aliphatic rings. The van der Waals surface area contributed by atoms with Crippen LogP contribution in [0.3, 0.4) is 0 Å². The van der Waals surface area contributed by atoms with Gasteiger partial charge in [0.25, 0.3) is 0 Å². The molecule has 82 valence electrons. The van der Waals surface area contributed by atoms with Crippen molar-refractivity contribution in [2.45, 2.75) is 20.4 Å². The van der Waals surface area contributed by atoms with E-state index in [0.717, 1.165) is 0 Å². The maximum Gasteiger partial charge on any atom is 0.310 e. The van der Waals surface area contributed by atoms with Gasteiger partial charge < -0.3 is 9.67 Å². The van der Waals surface area contributed by atoms with E-state index in [-0.39, 0.29) is 17.9 Å². The second-order valence-corrected chi connectivity index (χ2v) is 3.98. The van der Waals surface area contributed by atoms with Crippen molar-refractivity contribution < 1.29 is 9.90 Å². The fraction of sp³-hybridized carbons (Fsp3) is 0.400. The van der Waals surface area contributed by atoms with Crippen molar-refractivity contribution in [1.82, 2.24) is 9.55 Å². The van der Waals surface area contributed by atoms with E-state index in [1.54, 1.807) is 19.9 Å². The summed E-state index contributed by atoms with van der Waals surface area (Å²) in [5.41, 5.74) is -0.903. The van der Waals surface area contributed by atoms with Gasteiger partial charge in [-0.1, -0.05) is 0 Å². The minimum Gasteiger partial charge on any atom is -0.481 e. The summed E-state index contributed by atoms with van der Waals surface area (Å²) in [4.78, 5) is 14.7. The molecule has 6 heteroatoms. The molecule has 0 bridgehead atoms. The minimum atomic E-state index is -1.01. The summed E-state index contributed by atoms with van der Waals surface area (Å²) in [6.07, 6.45) is 1.31. The van der Waals surface area contributed by atoms with Crippen molar-refractivity contribution in [2.24, 2.45) is 5.41 Å². The van der Waals surface area contributed by atoms with E-state index < -0.39 is 11.4 Å². The van der Waals surface area contributed by atoms with E-state index in [2.05, 4.69) is 4.98 Å². The topological polar surface area (TPSA) is 103 Å². The van der Waals surface area contributed by atoms with Crippen LogP contribution in [0.5, 0.6) is 0 Å². The number of hydrogen-bond donors (Lipinski definition) is 1. The Balaban J connectivity index is 3.10. The third-order valence-corrected chi connectivity index (χ3v) is 2.19. The number of imidazole rings is 1. The zero-order valence-corrected chi connectivity index (χ0v) is 8.93. The molecule has 16 heavy (non-hydrogen) atoms. The van der Waals surface area contributed by atoms with Gasteiger partial charge in [0.15, 0.2) is 11.4 Å². The normalized spacial score (nSPS) is 10.5. The molecule has 0 saturated heterocycles. The fourth-order valence-electron chi connectivity index (χ4n) is 1.19. The SMILES string of the molecule is CC(C)(Cn1cnc(C#N)c1C#N)C(=O)O. The monoisotopic (exact) mass is 218 g/mol. The summed E-state index contributed by atoms with van der Waals surface area (Å²) in [5, 5.41) is 26.5. The minimum absolute atomic E-state index is 0.0173. The number of carboxylic acids is 1. The molecule has 0 aliphatic carbocycles. The smallest absolute Gasteiger partial charge is 0.310 e. The van der Waals surface area contributed by atoms with Gasteiger partial charge in [0.05, 0.1) is 11.7 Å². The van der Waals surface area contributed by atoms with Crippen molar-refractivity contribution in [3.05, 3.63) is 17.7 Å². The highest BCUT2D eigenvalue weighted by Crippen LogP contribution is 2.20. The van der Waals surface area contributed by atoms with Crippen molar-refractivity contribution in [2.75, 3.05) is 0 Å². The third-order valence-electron chi connectivity index (χ3n) is 2.19. The number of carboxylic acid groups (broad SMARTS) is 1. The molecule has 0 unspecified atom stereocenters. The first kappa shape index (κ1) is 11.7. The van der Waals surface area contributed by atoms with Gasteiger partial charge in [0, 0.05) is 6.54 Å². The summed E-state index contributed by atoms with van der Waals surface area (Å²) >= 11 is 0. The van der Waals surface area contributed by atoms with Gasteiger partial charge in [-0.3, -0.25) is 4.79 Å². The maximum atomic E-state index is 10.9. The Morgan fingerprint density at radius 2 is 2.19 bits per heavy atom. The van der Waals surface area contributed by atoms with Crippen LogP contribution in [0.15, 0.2) is 6.33 Å². The van der Waals surface area contributed by atoms with E-state index >= 15 is 0 Å². The number of carbonyl (C=O) groups is 1. The van der Waals surface area contributed by atoms with Gasteiger partial charge in [-0.05, 0) is 13.8 Å². The predicted octanol–water partition coefficient (Wildman–Crippen LogP) is 0.737. The van der Waals surface area contributed by atoms with Gasteiger partial charge in [-0.15, -0.1) is 0 Å². The molecule has 0 spiro atoms. The van der Waals surface area contributed by atoms with Crippen LogP contribution in [0.4, 0.5) is 0 Å². The highest BCUT2D eigenvalue weighted by molar-refractivity contribution is 5.73. The predicted molar refractivity (Wildman–Crippen MR) is 53.1 cm³/mol. The lowest BCUT2D eigenvalue weighted by atomic mass is 9.94. The molecule has 0 aromatic carbocycles. The first-order valence-electron chi connectivity index (χ1n) is 4.51. The maximum absolute atomic E-state index is 10.9. The summed E-state index contributed by atoms with van der Waals surface area (Å²) < 4.78 is 1.38. The van der Waals surface area contributed by atoms with Crippen LogP contribution in [-0.2, 0) is 11.3 Å². The molecule has 0 fully saturated rings. The van der Waals surface area contributed by atoms with Gasteiger partial charge in [0.1, 0.15) is 12.1 Å². The van der Waals surface area contributed by atoms with Crippen LogP contribution < -0.4 is 0 Å². The standard InChI is InChI=1S/C10H10N4O2/c1-10(2,9(15)16)5-14-6-13-7(3-11)8(14)4-12/h6H,5H2,1-2H3,(H,15,16). The lowest BCUT2D eigenvalue weighted by Gasteiger charge is -2.19. The molecule has 0 aliphatic heterocycles. The number of nitrogens with zero attached hydrogens (tertiary/aromatic N) is 4. The second kappa shape index (κ2) is 4.03. The van der Waals surface area contributed by atoms with E-state index in [0.29, 0.717) is 0 Å². The second-order valence-electron chi connectivity index (χ2n) is 3.98. The highest BCUT2D eigenvalue weighted by atomic mass is 16.4. The zero-order valence-electron chi connectivity index (χ0n) is 8.93. The van der Waals surface area contributed by atoms with Crippen LogP contribution in [-0.4, -0.2) is 20.6 Å². The Morgan fingerprint density at radius 3 is 2.62 bits per heavy atom. The van der Waals surface area contributed by atoms with Crippen molar-refractivity contribution in [3.8, 4) is 12.1 Å². The lowest BCUT2D eigenvalue weighted by Crippen LogP contribution is -2.29. The molecule has 0 atom stereocenters. The lowest BCUT2D eigenvalue weighted by molar-refractivity contribution is -0.147. The van der Waals surface area contributed by atoms with Crippen LogP contribution in [0.25, 0.3) is 0 Å². The van der Waals surface area contributed by atoms with Crippen LogP contribution in [0.2, 0.25) is 0 Å². The third kappa shape index (κ3) is 2.01. The first-order valence-corrected chi connectivity index (χ1v) is 4.51. The molecule has 0 saturated carbocycles. The van der Waals surface area contributed by atoms with Gasteiger partial charge in [0.2, 0.25) is 0 Å². The average molecular weight is 218 g/mol.